The van der Waals surface area contributed by atoms with Gasteiger partial charge in [0.1, 0.15) is 0 Å². The molecule has 0 spiro atoms. The summed E-state index contributed by atoms with van der Waals surface area (Å²) in [6.07, 6.45) is 0. The van der Waals surface area contributed by atoms with E-state index in [0.29, 0.717) is 17.9 Å². The summed E-state index contributed by atoms with van der Waals surface area (Å²) < 4.78 is 4.94. The zero-order chi connectivity index (χ0) is 12.0. The van der Waals surface area contributed by atoms with E-state index in [1.165, 1.54) is 0 Å². The number of hydrazine groups is 1. The number of nitrogen functional groups attached to an aromatic ring is 1. The number of hydrogen-bond donors (Lipinski definition) is 3. The number of nitrogens with two attached hydrogens (primary N) is 1. The molecular weight excluding hydrogens is 206 g/mol. The van der Waals surface area contributed by atoms with Crippen molar-refractivity contribution in [1.82, 2.24) is 5.32 Å². The van der Waals surface area contributed by atoms with Crippen molar-refractivity contribution in [2.75, 3.05) is 19.1 Å². The molecule has 1 amide bonds. The number of carbonyl (C=O) groups is 1. The Morgan fingerprint density at radius 1 is 1.50 bits per heavy atom. The van der Waals surface area contributed by atoms with Crippen LogP contribution in [0.5, 0.6) is 0 Å². The van der Waals surface area contributed by atoms with Gasteiger partial charge >= 0.3 is 0 Å². The molecule has 0 aliphatic rings. The topological polar surface area (TPSA) is 76.4 Å². The van der Waals surface area contributed by atoms with Crippen molar-refractivity contribution in [2.24, 2.45) is 5.84 Å². The number of carbonyl (C=O) groups excluding carboxylic acids is 1. The van der Waals surface area contributed by atoms with Gasteiger partial charge in [-0.3, -0.25) is 10.6 Å². The van der Waals surface area contributed by atoms with Gasteiger partial charge in [0.05, 0.1) is 17.9 Å². The number of hydrogen-bond acceptors (Lipinski definition) is 4. The quantitative estimate of drug-likeness (QED) is 0.508. The Hall–Kier alpha value is -1.59. The van der Waals surface area contributed by atoms with Gasteiger partial charge in [0.15, 0.2) is 0 Å². The van der Waals surface area contributed by atoms with Crippen molar-refractivity contribution in [3.63, 3.8) is 0 Å². The normalized spacial score (nSPS) is 11.9. The van der Waals surface area contributed by atoms with E-state index in [1.807, 2.05) is 13.0 Å². The SMILES string of the molecule is COCC(C)NC(=O)c1ccccc1NN. The van der Waals surface area contributed by atoms with Gasteiger partial charge in [-0.1, -0.05) is 12.1 Å². The van der Waals surface area contributed by atoms with Gasteiger partial charge in [-0.05, 0) is 19.1 Å². The number of benzene rings is 1. The molecule has 0 saturated carbocycles. The lowest BCUT2D eigenvalue weighted by atomic mass is 10.1. The number of para-hydroxylation sites is 1. The lowest BCUT2D eigenvalue weighted by Crippen LogP contribution is -2.36. The first kappa shape index (κ1) is 12.5. The van der Waals surface area contributed by atoms with Crippen molar-refractivity contribution in [2.45, 2.75) is 13.0 Å². The summed E-state index contributed by atoms with van der Waals surface area (Å²) in [5.41, 5.74) is 3.61. The largest absolute Gasteiger partial charge is 0.383 e. The molecule has 0 aliphatic carbocycles. The summed E-state index contributed by atoms with van der Waals surface area (Å²) in [4.78, 5) is 11.8. The molecule has 1 atom stereocenters. The van der Waals surface area contributed by atoms with Crippen molar-refractivity contribution in [1.29, 1.82) is 0 Å². The van der Waals surface area contributed by atoms with Crippen LogP contribution < -0.4 is 16.6 Å². The van der Waals surface area contributed by atoms with Crippen molar-refractivity contribution < 1.29 is 9.53 Å². The molecule has 16 heavy (non-hydrogen) atoms. The van der Waals surface area contributed by atoms with Crippen molar-refractivity contribution in [3.05, 3.63) is 29.8 Å². The Morgan fingerprint density at radius 2 is 2.19 bits per heavy atom. The highest BCUT2D eigenvalue weighted by Gasteiger charge is 2.12. The van der Waals surface area contributed by atoms with E-state index in [9.17, 15) is 4.79 Å². The maximum absolute atomic E-state index is 11.8. The van der Waals surface area contributed by atoms with Gasteiger partial charge in [0.25, 0.3) is 5.91 Å². The van der Waals surface area contributed by atoms with E-state index in [4.69, 9.17) is 10.6 Å². The zero-order valence-corrected chi connectivity index (χ0v) is 9.49. The Balaban J connectivity index is 2.72. The van der Waals surface area contributed by atoms with Crippen LogP contribution in [0.3, 0.4) is 0 Å². The average Bonchev–Trinajstić information content (AvgIpc) is 2.29. The number of rotatable bonds is 5. The second kappa shape index (κ2) is 6.09. The number of amides is 1. The molecule has 1 unspecified atom stereocenters. The molecule has 0 bridgehead atoms. The van der Waals surface area contributed by atoms with Crippen LogP contribution in [0.1, 0.15) is 17.3 Å². The maximum Gasteiger partial charge on any atom is 0.253 e. The third-order valence-electron chi connectivity index (χ3n) is 2.12. The minimum absolute atomic E-state index is 0.0386. The fourth-order valence-electron chi connectivity index (χ4n) is 1.40. The predicted molar refractivity (Wildman–Crippen MR) is 63.1 cm³/mol. The molecule has 0 fully saturated rings. The third-order valence-corrected chi connectivity index (χ3v) is 2.12. The van der Waals surface area contributed by atoms with Crippen LogP contribution in [0.25, 0.3) is 0 Å². The summed E-state index contributed by atoms with van der Waals surface area (Å²) in [7, 11) is 1.60. The van der Waals surface area contributed by atoms with Gasteiger partial charge in [0.2, 0.25) is 0 Å². The van der Waals surface area contributed by atoms with E-state index >= 15 is 0 Å². The molecule has 0 aromatic heterocycles. The van der Waals surface area contributed by atoms with Crippen LogP contribution in [-0.2, 0) is 4.74 Å². The highest BCUT2D eigenvalue weighted by molar-refractivity contribution is 5.99. The molecule has 5 nitrogen and oxygen atoms in total. The Labute approximate surface area is 94.9 Å². The molecule has 1 aromatic rings. The molecule has 0 saturated heterocycles. The standard InChI is InChI=1S/C11H17N3O2/c1-8(7-16-2)13-11(15)9-5-3-4-6-10(9)14-12/h3-6,8,14H,7,12H2,1-2H3,(H,13,15). The maximum atomic E-state index is 11.8. The van der Waals surface area contributed by atoms with E-state index in [0.717, 1.165) is 0 Å². The Morgan fingerprint density at radius 3 is 2.81 bits per heavy atom. The number of anilines is 1. The molecule has 0 aliphatic heterocycles. The smallest absolute Gasteiger partial charge is 0.253 e. The number of methoxy groups -OCH3 is 1. The van der Waals surface area contributed by atoms with E-state index in [2.05, 4.69) is 10.7 Å². The van der Waals surface area contributed by atoms with Crippen LogP contribution in [0, 0.1) is 0 Å². The molecule has 1 rings (SSSR count). The number of nitrogens with one attached hydrogen (secondary N) is 2. The third kappa shape index (κ3) is 3.22. The fraction of sp³-hybridized carbons (Fsp3) is 0.364. The van der Waals surface area contributed by atoms with Gasteiger partial charge in [-0.2, -0.15) is 0 Å². The van der Waals surface area contributed by atoms with Crippen LogP contribution in [-0.4, -0.2) is 25.7 Å². The summed E-state index contributed by atoms with van der Waals surface area (Å²) in [5.74, 6) is 5.15. The lowest BCUT2D eigenvalue weighted by Gasteiger charge is -2.14. The summed E-state index contributed by atoms with van der Waals surface area (Å²) >= 11 is 0. The first-order valence-corrected chi connectivity index (χ1v) is 5.04. The molecule has 0 heterocycles. The summed E-state index contributed by atoms with van der Waals surface area (Å²) in [6, 6.07) is 7.02. The van der Waals surface area contributed by atoms with Crippen LogP contribution in [0.15, 0.2) is 24.3 Å². The summed E-state index contributed by atoms with van der Waals surface area (Å²) in [6.45, 7) is 2.35. The van der Waals surface area contributed by atoms with E-state index < -0.39 is 0 Å². The zero-order valence-electron chi connectivity index (χ0n) is 9.49. The monoisotopic (exact) mass is 223 g/mol. The van der Waals surface area contributed by atoms with Crippen LogP contribution in [0.4, 0.5) is 5.69 Å². The van der Waals surface area contributed by atoms with Gasteiger partial charge < -0.3 is 15.5 Å². The first-order chi connectivity index (χ1) is 7.69. The first-order valence-electron chi connectivity index (χ1n) is 5.04. The second-order valence-corrected chi connectivity index (χ2v) is 3.52. The number of ether oxygens (including phenoxy) is 1. The van der Waals surface area contributed by atoms with Crippen LogP contribution in [0.2, 0.25) is 0 Å². The fourth-order valence-corrected chi connectivity index (χ4v) is 1.40. The molecule has 0 radical (unpaired) electrons. The average molecular weight is 223 g/mol. The Bertz CT molecular complexity index is 355. The van der Waals surface area contributed by atoms with Gasteiger partial charge in [-0.25, -0.2) is 0 Å². The van der Waals surface area contributed by atoms with Gasteiger partial charge in [0, 0.05) is 13.2 Å². The van der Waals surface area contributed by atoms with Crippen molar-refractivity contribution in [3.8, 4) is 0 Å². The highest BCUT2D eigenvalue weighted by Crippen LogP contribution is 2.13. The molecule has 88 valence electrons. The second-order valence-electron chi connectivity index (χ2n) is 3.52. The van der Waals surface area contributed by atoms with Crippen LogP contribution >= 0.6 is 0 Å². The van der Waals surface area contributed by atoms with E-state index in [1.54, 1.807) is 25.3 Å². The molecule has 1 aromatic carbocycles. The minimum atomic E-state index is -0.168. The molecular formula is C11H17N3O2. The predicted octanol–water partition coefficient (Wildman–Crippen LogP) is 0.737. The minimum Gasteiger partial charge on any atom is -0.383 e. The van der Waals surface area contributed by atoms with Crippen molar-refractivity contribution >= 4 is 11.6 Å². The lowest BCUT2D eigenvalue weighted by molar-refractivity contribution is 0.0906. The Kier molecular flexibility index (Phi) is 4.75. The molecule has 4 N–H and O–H groups in total. The van der Waals surface area contributed by atoms with Gasteiger partial charge in [-0.15, -0.1) is 0 Å². The van der Waals surface area contributed by atoms with E-state index in [-0.39, 0.29) is 11.9 Å². The summed E-state index contributed by atoms with van der Waals surface area (Å²) in [5, 5.41) is 2.81. The highest BCUT2D eigenvalue weighted by atomic mass is 16.5. The molecule has 5 heteroatoms.